The molecule has 166 valence electrons. The summed E-state index contributed by atoms with van der Waals surface area (Å²) in [6.07, 6.45) is 2.44. The van der Waals surface area contributed by atoms with E-state index >= 15 is 0 Å². The van der Waals surface area contributed by atoms with Crippen LogP contribution in [0.5, 0.6) is 0 Å². The van der Waals surface area contributed by atoms with Gasteiger partial charge in [-0.05, 0) is 19.1 Å². The molecule has 1 amide bonds. The van der Waals surface area contributed by atoms with Crippen molar-refractivity contribution in [2.24, 2.45) is 4.99 Å². The molecule has 1 N–H and O–H groups in total. The Morgan fingerprint density at radius 2 is 2.07 bits per heavy atom. The van der Waals surface area contributed by atoms with Crippen molar-refractivity contribution in [3.8, 4) is 0 Å². The average Bonchev–Trinajstić information content (AvgIpc) is 3.36. The van der Waals surface area contributed by atoms with Gasteiger partial charge in [0.1, 0.15) is 18.1 Å². The first-order valence-electron chi connectivity index (χ1n) is 9.91. The van der Waals surface area contributed by atoms with E-state index < -0.39 is 0 Å². The van der Waals surface area contributed by atoms with Gasteiger partial charge in [-0.15, -0.1) is 24.0 Å². The van der Waals surface area contributed by atoms with Gasteiger partial charge in [0.05, 0.1) is 12.0 Å². The summed E-state index contributed by atoms with van der Waals surface area (Å²) in [5.74, 6) is 2.51. The van der Waals surface area contributed by atoms with Gasteiger partial charge in [-0.3, -0.25) is 9.69 Å². The van der Waals surface area contributed by atoms with Crippen molar-refractivity contribution < 1.29 is 13.7 Å². The quantitative estimate of drug-likeness (QED) is 0.331. The smallest absolute Gasteiger partial charge is 0.243 e. The molecular formula is C20H31IN6O3. The summed E-state index contributed by atoms with van der Waals surface area (Å²) in [6.45, 7) is 6.97. The van der Waals surface area contributed by atoms with E-state index in [-0.39, 0.29) is 36.4 Å². The van der Waals surface area contributed by atoms with E-state index in [2.05, 4.69) is 25.3 Å². The molecule has 3 rings (SSSR count). The number of nitrogens with zero attached hydrogens (tertiary/aromatic N) is 5. The van der Waals surface area contributed by atoms with Gasteiger partial charge in [0, 0.05) is 65.9 Å². The number of aryl methyl sites for hydroxylation is 1. The van der Waals surface area contributed by atoms with Gasteiger partial charge in [-0.1, -0.05) is 5.16 Å². The lowest BCUT2D eigenvalue weighted by atomic mass is 10.3. The van der Waals surface area contributed by atoms with Gasteiger partial charge < -0.3 is 24.1 Å². The van der Waals surface area contributed by atoms with Crippen LogP contribution in [0.2, 0.25) is 0 Å². The molecule has 0 atom stereocenters. The normalized spacial score (nSPS) is 15.0. The average molecular weight is 530 g/mol. The Kier molecular flexibility index (Phi) is 9.63. The minimum absolute atomic E-state index is 0. The number of hydrogen-bond donors (Lipinski definition) is 1. The summed E-state index contributed by atoms with van der Waals surface area (Å²) in [5.41, 5.74) is 0.956. The molecule has 1 saturated heterocycles. The molecule has 2 aromatic heterocycles. The highest BCUT2D eigenvalue weighted by atomic mass is 127. The molecule has 1 aliphatic heterocycles. The third kappa shape index (κ3) is 7.31. The van der Waals surface area contributed by atoms with E-state index in [4.69, 9.17) is 8.94 Å². The van der Waals surface area contributed by atoms with Gasteiger partial charge in [-0.2, -0.15) is 0 Å². The number of guanidine groups is 1. The van der Waals surface area contributed by atoms with Crippen molar-refractivity contribution in [1.29, 1.82) is 0 Å². The van der Waals surface area contributed by atoms with Crippen LogP contribution in [-0.4, -0.2) is 85.1 Å². The number of aliphatic imine (C=N–C) groups is 1. The summed E-state index contributed by atoms with van der Waals surface area (Å²) in [4.78, 5) is 22.7. The van der Waals surface area contributed by atoms with Crippen molar-refractivity contribution in [2.75, 3.05) is 53.4 Å². The number of halogens is 1. The van der Waals surface area contributed by atoms with Gasteiger partial charge in [0.15, 0.2) is 5.96 Å². The van der Waals surface area contributed by atoms with Crippen molar-refractivity contribution in [3.05, 3.63) is 41.7 Å². The van der Waals surface area contributed by atoms with Crippen LogP contribution in [0.1, 0.15) is 17.2 Å². The molecule has 0 bridgehead atoms. The Bertz CT molecular complexity index is 797. The molecule has 1 aliphatic rings. The number of piperazine rings is 1. The fourth-order valence-corrected chi connectivity index (χ4v) is 3.14. The molecule has 1 fully saturated rings. The number of rotatable bonds is 7. The zero-order valence-electron chi connectivity index (χ0n) is 17.8. The first-order valence-corrected chi connectivity index (χ1v) is 9.91. The Labute approximate surface area is 194 Å². The van der Waals surface area contributed by atoms with Crippen LogP contribution >= 0.6 is 24.0 Å². The van der Waals surface area contributed by atoms with E-state index in [1.165, 1.54) is 0 Å². The Hall–Kier alpha value is -2.08. The topological polar surface area (TPSA) is 90.3 Å². The number of carbonyl (C=O) groups is 1. The van der Waals surface area contributed by atoms with Crippen LogP contribution in [0.3, 0.4) is 0 Å². The van der Waals surface area contributed by atoms with Crippen LogP contribution < -0.4 is 5.32 Å². The van der Waals surface area contributed by atoms with Crippen molar-refractivity contribution in [3.63, 3.8) is 0 Å². The van der Waals surface area contributed by atoms with Gasteiger partial charge in [0.2, 0.25) is 5.91 Å². The van der Waals surface area contributed by atoms with Crippen LogP contribution in [0.25, 0.3) is 0 Å². The van der Waals surface area contributed by atoms with Gasteiger partial charge in [0.25, 0.3) is 0 Å². The lowest BCUT2D eigenvalue weighted by Gasteiger charge is -2.36. The molecule has 2 aromatic rings. The van der Waals surface area contributed by atoms with E-state index in [1.807, 2.05) is 25.1 Å². The molecule has 0 aliphatic carbocycles. The highest BCUT2D eigenvalue weighted by Gasteiger charge is 2.21. The summed E-state index contributed by atoms with van der Waals surface area (Å²) < 4.78 is 10.5. The summed E-state index contributed by atoms with van der Waals surface area (Å²) >= 11 is 0. The van der Waals surface area contributed by atoms with Crippen LogP contribution in [0.4, 0.5) is 0 Å². The van der Waals surface area contributed by atoms with Crippen LogP contribution in [0, 0.1) is 6.92 Å². The summed E-state index contributed by atoms with van der Waals surface area (Å²) in [5, 5.41) is 7.47. The SMILES string of the molecule is Cc1cc(CN2CCN(C(=NCC(=O)N(C)C)NCCc3ccco3)CC2)no1.I. The van der Waals surface area contributed by atoms with Gasteiger partial charge >= 0.3 is 0 Å². The minimum Gasteiger partial charge on any atom is -0.469 e. The highest BCUT2D eigenvalue weighted by Crippen LogP contribution is 2.09. The molecule has 0 saturated carbocycles. The number of carbonyl (C=O) groups excluding carboxylic acids is 1. The number of nitrogens with one attached hydrogen (secondary N) is 1. The number of likely N-dealkylation sites (N-methyl/N-ethyl adjacent to an activating group) is 1. The Balaban J connectivity index is 0.00000320. The number of hydrogen-bond acceptors (Lipinski definition) is 6. The molecule has 10 heteroatoms. The molecule has 0 spiro atoms. The summed E-state index contributed by atoms with van der Waals surface area (Å²) in [6, 6.07) is 5.82. The third-order valence-corrected chi connectivity index (χ3v) is 4.83. The van der Waals surface area contributed by atoms with Crippen molar-refractivity contribution in [1.82, 2.24) is 25.2 Å². The lowest BCUT2D eigenvalue weighted by Crippen LogP contribution is -2.52. The van der Waals surface area contributed by atoms with E-state index in [1.54, 1.807) is 25.3 Å². The predicted octanol–water partition coefficient (Wildman–Crippen LogP) is 1.59. The standard InChI is InChI=1S/C20H30N6O3.HI/c1-16-13-17(23-29-16)15-25-8-10-26(11-9-25)20(22-14-19(27)24(2)3)21-7-6-18-5-4-12-28-18;/h4-5,12-13H,6-11,14-15H2,1-3H3,(H,21,22);1H. The molecule has 0 radical (unpaired) electrons. The number of furan rings is 1. The molecule has 3 heterocycles. The largest absolute Gasteiger partial charge is 0.469 e. The highest BCUT2D eigenvalue weighted by molar-refractivity contribution is 14.0. The Morgan fingerprint density at radius 1 is 1.30 bits per heavy atom. The maximum absolute atomic E-state index is 12.0. The maximum Gasteiger partial charge on any atom is 0.243 e. The number of amides is 1. The Morgan fingerprint density at radius 3 is 2.67 bits per heavy atom. The number of aromatic nitrogens is 1. The van der Waals surface area contributed by atoms with E-state index in [0.29, 0.717) is 6.54 Å². The second kappa shape index (κ2) is 11.9. The molecular weight excluding hydrogens is 499 g/mol. The van der Waals surface area contributed by atoms with Crippen molar-refractivity contribution >= 4 is 35.8 Å². The second-order valence-electron chi connectivity index (χ2n) is 7.38. The first kappa shape index (κ1) is 24.2. The zero-order chi connectivity index (χ0) is 20.6. The zero-order valence-corrected chi connectivity index (χ0v) is 20.2. The fraction of sp³-hybridized carbons (Fsp3) is 0.550. The van der Waals surface area contributed by atoms with Crippen LogP contribution in [0.15, 0.2) is 38.4 Å². The molecule has 0 unspecified atom stereocenters. The predicted molar refractivity (Wildman–Crippen MR) is 125 cm³/mol. The lowest BCUT2D eigenvalue weighted by molar-refractivity contribution is -0.127. The van der Waals surface area contributed by atoms with E-state index in [0.717, 1.165) is 62.3 Å². The first-order chi connectivity index (χ1) is 14.0. The molecule has 9 nitrogen and oxygen atoms in total. The maximum atomic E-state index is 12.0. The van der Waals surface area contributed by atoms with Crippen LogP contribution in [-0.2, 0) is 17.8 Å². The minimum atomic E-state index is -0.0182. The second-order valence-corrected chi connectivity index (χ2v) is 7.38. The third-order valence-electron chi connectivity index (χ3n) is 4.83. The fourth-order valence-electron chi connectivity index (χ4n) is 3.14. The van der Waals surface area contributed by atoms with Gasteiger partial charge in [-0.25, -0.2) is 4.99 Å². The van der Waals surface area contributed by atoms with E-state index in [9.17, 15) is 4.79 Å². The monoisotopic (exact) mass is 530 g/mol. The summed E-state index contributed by atoms with van der Waals surface area (Å²) in [7, 11) is 3.48. The van der Waals surface area contributed by atoms with Crippen molar-refractivity contribution in [2.45, 2.75) is 19.9 Å². The molecule has 0 aromatic carbocycles. The molecule has 30 heavy (non-hydrogen) atoms.